The Morgan fingerprint density at radius 2 is 2.29 bits per heavy atom. The summed E-state index contributed by atoms with van der Waals surface area (Å²) in [5.41, 5.74) is 0. The van der Waals surface area contributed by atoms with Gasteiger partial charge in [0, 0.05) is 13.1 Å². The minimum Gasteiger partial charge on any atom is -0.480 e. The fourth-order valence-corrected chi connectivity index (χ4v) is 1.80. The Morgan fingerprint density at radius 1 is 1.53 bits per heavy atom. The molecule has 0 atom stereocenters. The molecule has 1 fully saturated rings. The Kier molecular flexibility index (Phi) is 5.93. The van der Waals surface area contributed by atoms with Crippen LogP contribution in [-0.4, -0.2) is 59.8 Å². The number of carbonyl (C=O) groups is 2. The van der Waals surface area contributed by atoms with E-state index in [0.717, 1.165) is 19.3 Å². The van der Waals surface area contributed by atoms with Crippen LogP contribution in [0.15, 0.2) is 0 Å². The van der Waals surface area contributed by atoms with Gasteiger partial charge >= 0.3 is 11.9 Å². The fraction of sp³-hybridized carbons (Fsp3) is 0.818. The first-order valence-electron chi connectivity index (χ1n) is 6.00. The summed E-state index contributed by atoms with van der Waals surface area (Å²) in [6.45, 7) is 3.78. The van der Waals surface area contributed by atoms with Gasteiger partial charge in [0.1, 0.15) is 19.7 Å². The molecule has 6 heteroatoms. The van der Waals surface area contributed by atoms with Crippen LogP contribution in [0.5, 0.6) is 0 Å². The predicted octanol–water partition coefficient (Wildman–Crippen LogP) is 0.337. The first-order chi connectivity index (χ1) is 8.13. The van der Waals surface area contributed by atoms with E-state index < -0.39 is 5.97 Å². The van der Waals surface area contributed by atoms with Gasteiger partial charge in [-0.25, -0.2) is 10.0 Å². The van der Waals surface area contributed by atoms with Crippen molar-refractivity contribution in [3.05, 3.63) is 0 Å². The number of carboxylic acids is 1. The maximum absolute atomic E-state index is 11.2. The molecule has 1 aliphatic heterocycles. The third-order valence-electron chi connectivity index (χ3n) is 2.66. The third kappa shape index (κ3) is 5.14. The van der Waals surface area contributed by atoms with Gasteiger partial charge in [0.15, 0.2) is 0 Å². The van der Waals surface area contributed by atoms with Crippen LogP contribution in [0.3, 0.4) is 0 Å². The first-order valence-corrected chi connectivity index (χ1v) is 6.00. The molecule has 0 aromatic heterocycles. The Bertz CT molecular complexity index is 270. The number of unbranched alkanes of at least 4 members (excludes halogenated alkanes) is 2. The van der Waals surface area contributed by atoms with Crippen molar-refractivity contribution in [3.63, 3.8) is 0 Å². The summed E-state index contributed by atoms with van der Waals surface area (Å²) in [6.07, 6.45) is 3.09. The summed E-state index contributed by atoms with van der Waals surface area (Å²) in [4.78, 5) is 21.9. The molecule has 0 radical (unpaired) electrons. The number of aliphatic carboxylic acids is 1. The zero-order valence-electron chi connectivity index (χ0n) is 10.2. The normalized spacial score (nSPS) is 17.2. The lowest BCUT2D eigenvalue weighted by molar-refractivity contribution is -0.167. The van der Waals surface area contributed by atoms with E-state index in [2.05, 4.69) is 6.92 Å². The van der Waals surface area contributed by atoms with Gasteiger partial charge < -0.3 is 9.84 Å². The summed E-state index contributed by atoms with van der Waals surface area (Å²) in [7, 11) is 0. The summed E-state index contributed by atoms with van der Waals surface area (Å²) >= 11 is 0. The quantitative estimate of drug-likeness (QED) is 0.514. The van der Waals surface area contributed by atoms with E-state index in [1.54, 1.807) is 10.0 Å². The lowest BCUT2D eigenvalue weighted by Gasteiger charge is -2.35. The summed E-state index contributed by atoms with van der Waals surface area (Å²) in [5, 5.41) is 12.4. The van der Waals surface area contributed by atoms with Crippen LogP contribution in [0.25, 0.3) is 0 Å². The molecule has 1 aliphatic rings. The predicted molar refractivity (Wildman–Crippen MR) is 61.3 cm³/mol. The molecule has 1 saturated heterocycles. The lowest BCUT2D eigenvalue weighted by atomic mass is 10.2. The number of rotatable bonds is 7. The number of carbonyl (C=O) groups excluding carboxylic acids is 1. The monoisotopic (exact) mass is 244 g/mol. The third-order valence-corrected chi connectivity index (χ3v) is 2.66. The highest BCUT2D eigenvalue weighted by Gasteiger charge is 2.24. The van der Waals surface area contributed by atoms with Gasteiger partial charge in [-0.15, -0.1) is 0 Å². The van der Waals surface area contributed by atoms with E-state index in [0.29, 0.717) is 19.7 Å². The lowest BCUT2D eigenvalue weighted by Crippen LogP contribution is -2.52. The molecule has 0 unspecified atom stereocenters. The second-order valence-corrected chi connectivity index (χ2v) is 4.10. The SMILES string of the molecule is CCCCCN(CC(=O)O)N1CCOC(=O)C1. The van der Waals surface area contributed by atoms with Crippen molar-refractivity contribution in [1.29, 1.82) is 0 Å². The van der Waals surface area contributed by atoms with Crippen molar-refractivity contribution in [1.82, 2.24) is 10.0 Å². The number of ether oxygens (including phenoxy) is 1. The molecule has 17 heavy (non-hydrogen) atoms. The van der Waals surface area contributed by atoms with Gasteiger partial charge in [0.2, 0.25) is 0 Å². The van der Waals surface area contributed by atoms with Crippen LogP contribution in [0.2, 0.25) is 0 Å². The van der Waals surface area contributed by atoms with E-state index in [4.69, 9.17) is 9.84 Å². The molecular formula is C11H20N2O4. The molecule has 1 N–H and O–H groups in total. The van der Waals surface area contributed by atoms with Gasteiger partial charge in [0.05, 0.1) is 0 Å². The Morgan fingerprint density at radius 3 is 2.88 bits per heavy atom. The molecule has 0 spiro atoms. The van der Waals surface area contributed by atoms with Crippen molar-refractivity contribution in [2.24, 2.45) is 0 Å². The molecule has 1 heterocycles. The molecule has 0 amide bonds. The van der Waals surface area contributed by atoms with Crippen LogP contribution >= 0.6 is 0 Å². The van der Waals surface area contributed by atoms with Gasteiger partial charge in [-0.2, -0.15) is 0 Å². The highest BCUT2D eigenvalue weighted by atomic mass is 16.5. The van der Waals surface area contributed by atoms with Crippen molar-refractivity contribution in [2.45, 2.75) is 26.2 Å². The Balaban J connectivity index is 2.48. The molecule has 0 saturated carbocycles. The van der Waals surface area contributed by atoms with Crippen molar-refractivity contribution in [3.8, 4) is 0 Å². The van der Waals surface area contributed by atoms with Crippen molar-refractivity contribution < 1.29 is 19.4 Å². The number of carboxylic acid groups (broad SMARTS) is 1. The standard InChI is InChI=1S/C11H20N2O4/c1-2-3-4-5-12(8-10(14)15)13-6-7-17-11(16)9-13/h2-9H2,1H3,(H,14,15). The van der Waals surface area contributed by atoms with Gasteiger partial charge in [-0.05, 0) is 6.42 Å². The summed E-state index contributed by atoms with van der Waals surface area (Å²) < 4.78 is 4.83. The maximum Gasteiger partial charge on any atom is 0.321 e. The van der Waals surface area contributed by atoms with E-state index in [1.807, 2.05) is 0 Å². The van der Waals surface area contributed by atoms with Crippen LogP contribution in [0.1, 0.15) is 26.2 Å². The fourth-order valence-electron chi connectivity index (χ4n) is 1.80. The number of esters is 1. The average Bonchev–Trinajstić information content (AvgIpc) is 2.27. The molecule has 0 aromatic rings. The molecule has 1 rings (SSSR count). The van der Waals surface area contributed by atoms with Gasteiger partial charge in [0.25, 0.3) is 0 Å². The minimum absolute atomic E-state index is 0.0585. The second-order valence-electron chi connectivity index (χ2n) is 4.10. The minimum atomic E-state index is -0.875. The van der Waals surface area contributed by atoms with E-state index >= 15 is 0 Å². The van der Waals surface area contributed by atoms with Crippen LogP contribution < -0.4 is 0 Å². The maximum atomic E-state index is 11.2. The number of morpholine rings is 1. The van der Waals surface area contributed by atoms with E-state index in [-0.39, 0.29) is 19.1 Å². The zero-order valence-corrected chi connectivity index (χ0v) is 10.2. The highest BCUT2D eigenvalue weighted by Crippen LogP contribution is 2.06. The number of hydrogen-bond donors (Lipinski definition) is 1. The Labute approximate surface area is 101 Å². The van der Waals surface area contributed by atoms with Crippen LogP contribution in [-0.2, 0) is 14.3 Å². The highest BCUT2D eigenvalue weighted by molar-refractivity contribution is 5.72. The number of hydrogen-bond acceptors (Lipinski definition) is 5. The van der Waals surface area contributed by atoms with Crippen LogP contribution in [0.4, 0.5) is 0 Å². The van der Waals surface area contributed by atoms with E-state index in [9.17, 15) is 9.59 Å². The van der Waals surface area contributed by atoms with Gasteiger partial charge in [-0.3, -0.25) is 9.59 Å². The van der Waals surface area contributed by atoms with Gasteiger partial charge in [-0.1, -0.05) is 19.8 Å². The molecule has 98 valence electrons. The number of hydrazine groups is 1. The van der Waals surface area contributed by atoms with Crippen molar-refractivity contribution in [2.75, 3.05) is 32.8 Å². The molecule has 0 bridgehead atoms. The molecule has 0 aromatic carbocycles. The number of cyclic esters (lactones) is 1. The van der Waals surface area contributed by atoms with Crippen molar-refractivity contribution >= 4 is 11.9 Å². The topological polar surface area (TPSA) is 70.1 Å². The molecule has 0 aliphatic carbocycles. The number of nitrogens with zero attached hydrogens (tertiary/aromatic N) is 2. The first kappa shape index (κ1) is 13.9. The molecular weight excluding hydrogens is 224 g/mol. The van der Waals surface area contributed by atoms with Crippen LogP contribution in [0, 0.1) is 0 Å². The Hall–Kier alpha value is -1.14. The average molecular weight is 244 g/mol. The smallest absolute Gasteiger partial charge is 0.321 e. The van der Waals surface area contributed by atoms with E-state index in [1.165, 1.54) is 0 Å². The summed E-state index contributed by atoms with van der Waals surface area (Å²) in [6, 6.07) is 0. The summed E-state index contributed by atoms with van der Waals surface area (Å²) in [5.74, 6) is -1.16. The second kappa shape index (κ2) is 7.24. The molecule has 6 nitrogen and oxygen atoms in total. The zero-order chi connectivity index (χ0) is 12.7. The largest absolute Gasteiger partial charge is 0.480 e.